The molecule has 0 unspecified atom stereocenters. The van der Waals surface area contributed by atoms with E-state index in [-0.39, 0.29) is 5.56 Å². The van der Waals surface area contributed by atoms with Gasteiger partial charge in [-0.2, -0.15) is 0 Å². The molecule has 0 aliphatic carbocycles. The fourth-order valence-corrected chi connectivity index (χ4v) is 3.13. The first-order chi connectivity index (χ1) is 13.6. The smallest absolute Gasteiger partial charge is 0.409 e. The molecule has 1 aliphatic rings. The van der Waals surface area contributed by atoms with Crippen molar-refractivity contribution < 1.29 is 14.3 Å². The van der Waals surface area contributed by atoms with Gasteiger partial charge in [-0.05, 0) is 25.5 Å². The summed E-state index contributed by atoms with van der Waals surface area (Å²) < 4.78 is 10.7. The number of amides is 1. The number of H-pyrrole nitrogens is 1. The van der Waals surface area contributed by atoms with E-state index in [1.165, 1.54) is 6.20 Å². The zero-order valence-electron chi connectivity index (χ0n) is 16.3. The molecule has 0 bridgehead atoms. The molecule has 2 aromatic heterocycles. The molecule has 2 N–H and O–H groups in total. The zero-order valence-corrected chi connectivity index (χ0v) is 16.3. The van der Waals surface area contributed by atoms with Crippen LogP contribution in [-0.2, 0) is 11.2 Å². The van der Waals surface area contributed by atoms with Crippen LogP contribution in [0.3, 0.4) is 0 Å². The van der Waals surface area contributed by atoms with Crippen molar-refractivity contribution in [1.82, 2.24) is 20.2 Å². The Labute approximate surface area is 163 Å². The van der Waals surface area contributed by atoms with E-state index in [4.69, 9.17) is 9.47 Å². The molecule has 3 rings (SSSR count). The van der Waals surface area contributed by atoms with Crippen molar-refractivity contribution >= 4 is 6.09 Å². The highest BCUT2D eigenvalue weighted by Gasteiger charge is 2.12. The van der Waals surface area contributed by atoms with Crippen LogP contribution in [0.5, 0.6) is 5.75 Å². The largest absolute Gasteiger partial charge is 0.412 e. The maximum absolute atomic E-state index is 12.1. The highest BCUT2D eigenvalue weighted by Crippen LogP contribution is 2.25. The maximum atomic E-state index is 12.1. The highest BCUT2D eigenvalue weighted by molar-refractivity contribution is 5.72. The standard InChI is InChI=1S/C20H26N4O4/c1-3-15-11-18(14(2)23-19(15)25)16-10-17(13-21-12-16)28-20(26)22-4-5-24-6-8-27-9-7-24/h10-13H,3-9H2,1-2H3,(H,22,26)(H,23,25). The van der Waals surface area contributed by atoms with E-state index in [0.717, 1.165) is 49.7 Å². The lowest BCUT2D eigenvalue weighted by Gasteiger charge is -2.26. The lowest BCUT2D eigenvalue weighted by atomic mass is 10.0. The summed E-state index contributed by atoms with van der Waals surface area (Å²) in [4.78, 5) is 33.2. The molecule has 1 amide bonds. The van der Waals surface area contributed by atoms with Gasteiger partial charge in [0.15, 0.2) is 5.75 Å². The van der Waals surface area contributed by atoms with E-state index in [9.17, 15) is 9.59 Å². The minimum absolute atomic E-state index is 0.0799. The van der Waals surface area contributed by atoms with Crippen LogP contribution in [0.4, 0.5) is 4.79 Å². The number of aromatic nitrogens is 2. The second-order valence-electron chi connectivity index (χ2n) is 6.70. The number of carbonyl (C=O) groups excluding carboxylic acids is 1. The molecule has 1 aliphatic heterocycles. The summed E-state index contributed by atoms with van der Waals surface area (Å²) in [5, 5.41) is 2.76. The Morgan fingerprint density at radius 2 is 2.11 bits per heavy atom. The highest BCUT2D eigenvalue weighted by atomic mass is 16.6. The van der Waals surface area contributed by atoms with Gasteiger partial charge in [-0.3, -0.25) is 14.7 Å². The molecule has 0 spiro atoms. The van der Waals surface area contributed by atoms with Crippen LogP contribution in [0.1, 0.15) is 18.2 Å². The molecule has 0 saturated carbocycles. The number of carbonyl (C=O) groups is 1. The van der Waals surface area contributed by atoms with Crippen LogP contribution in [0.15, 0.2) is 29.3 Å². The van der Waals surface area contributed by atoms with Crippen LogP contribution < -0.4 is 15.6 Å². The van der Waals surface area contributed by atoms with E-state index in [1.54, 1.807) is 12.3 Å². The van der Waals surface area contributed by atoms with E-state index >= 15 is 0 Å². The molecule has 150 valence electrons. The minimum Gasteiger partial charge on any atom is -0.409 e. The number of morpholine rings is 1. The van der Waals surface area contributed by atoms with Crippen molar-refractivity contribution in [2.24, 2.45) is 0 Å². The van der Waals surface area contributed by atoms with Gasteiger partial charge in [-0.1, -0.05) is 6.92 Å². The zero-order chi connectivity index (χ0) is 19.9. The normalized spacial score (nSPS) is 14.6. The Hall–Kier alpha value is -2.71. The fourth-order valence-electron chi connectivity index (χ4n) is 3.13. The summed E-state index contributed by atoms with van der Waals surface area (Å²) in [6, 6.07) is 3.60. The van der Waals surface area contributed by atoms with Gasteiger partial charge in [0, 0.05) is 54.8 Å². The molecule has 0 atom stereocenters. The molecule has 3 heterocycles. The first-order valence-electron chi connectivity index (χ1n) is 9.51. The summed E-state index contributed by atoms with van der Waals surface area (Å²) in [6.45, 7) is 8.24. The van der Waals surface area contributed by atoms with Crippen molar-refractivity contribution in [1.29, 1.82) is 0 Å². The van der Waals surface area contributed by atoms with Crippen LogP contribution in [-0.4, -0.2) is 60.4 Å². The third kappa shape index (κ3) is 5.17. The van der Waals surface area contributed by atoms with Gasteiger partial charge in [0.05, 0.1) is 19.4 Å². The number of aryl methyl sites for hydroxylation is 2. The summed E-state index contributed by atoms with van der Waals surface area (Å²) in [6.07, 6.45) is 3.30. The maximum Gasteiger partial charge on any atom is 0.412 e. The number of ether oxygens (including phenoxy) is 2. The predicted molar refractivity (Wildman–Crippen MR) is 106 cm³/mol. The van der Waals surface area contributed by atoms with Crippen molar-refractivity contribution in [3.8, 4) is 16.9 Å². The Morgan fingerprint density at radius 3 is 2.86 bits per heavy atom. The molecule has 0 aromatic carbocycles. The SMILES string of the molecule is CCc1cc(-c2cncc(OC(=O)NCCN3CCOCC3)c2)c(C)[nH]c1=O. The summed E-state index contributed by atoms with van der Waals surface area (Å²) >= 11 is 0. The van der Waals surface area contributed by atoms with Gasteiger partial charge in [0.25, 0.3) is 5.56 Å². The van der Waals surface area contributed by atoms with Crippen molar-refractivity contribution in [2.75, 3.05) is 39.4 Å². The van der Waals surface area contributed by atoms with E-state index in [0.29, 0.717) is 24.3 Å². The Kier molecular flexibility index (Phi) is 6.78. The quantitative estimate of drug-likeness (QED) is 0.785. The van der Waals surface area contributed by atoms with Crippen molar-refractivity contribution in [2.45, 2.75) is 20.3 Å². The molecule has 0 radical (unpaired) electrons. The number of nitrogens with one attached hydrogen (secondary N) is 2. The lowest BCUT2D eigenvalue weighted by molar-refractivity contribution is 0.0385. The van der Waals surface area contributed by atoms with E-state index in [2.05, 4.69) is 20.2 Å². The van der Waals surface area contributed by atoms with Gasteiger partial charge in [-0.15, -0.1) is 0 Å². The molecular weight excluding hydrogens is 360 g/mol. The van der Waals surface area contributed by atoms with Gasteiger partial charge < -0.3 is 19.8 Å². The fraction of sp³-hybridized carbons (Fsp3) is 0.450. The first-order valence-corrected chi connectivity index (χ1v) is 9.51. The average molecular weight is 386 g/mol. The van der Waals surface area contributed by atoms with Gasteiger partial charge in [0.2, 0.25) is 0 Å². The number of nitrogens with zero attached hydrogens (tertiary/aromatic N) is 2. The Morgan fingerprint density at radius 1 is 1.32 bits per heavy atom. The van der Waals surface area contributed by atoms with Gasteiger partial charge in [0.1, 0.15) is 0 Å². The number of pyridine rings is 2. The predicted octanol–water partition coefficient (Wildman–Crippen LogP) is 1.73. The number of hydrogen-bond donors (Lipinski definition) is 2. The second kappa shape index (κ2) is 9.48. The van der Waals surface area contributed by atoms with E-state index in [1.807, 2.05) is 19.9 Å². The molecule has 8 nitrogen and oxygen atoms in total. The average Bonchev–Trinajstić information content (AvgIpc) is 2.69. The molecular formula is C20H26N4O4. The number of rotatable bonds is 6. The summed E-state index contributed by atoms with van der Waals surface area (Å²) in [5.74, 6) is 0.352. The topological polar surface area (TPSA) is 96.5 Å². The third-order valence-corrected chi connectivity index (χ3v) is 4.73. The van der Waals surface area contributed by atoms with Gasteiger partial charge in [-0.25, -0.2) is 4.79 Å². The molecule has 8 heteroatoms. The van der Waals surface area contributed by atoms with E-state index < -0.39 is 6.09 Å². The molecule has 28 heavy (non-hydrogen) atoms. The minimum atomic E-state index is -0.514. The number of hydrogen-bond acceptors (Lipinski definition) is 6. The second-order valence-corrected chi connectivity index (χ2v) is 6.70. The van der Waals surface area contributed by atoms with Crippen LogP contribution in [0.2, 0.25) is 0 Å². The first kappa shape index (κ1) is 20.0. The summed E-state index contributed by atoms with van der Waals surface area (Å²) in [5.41, 5.74) is 3.01. The Bertz CT molecular complexity index is 875. The molecule has 1 fully saturated rings. The lowest BCUT2D eigenvalue weighted by Crippen LogP contribution is -2.41. The molecule has 1 saturated heterocycles. The monoisotopic (exact) mass is 386 g/mol. The number of aromatic amines is 1. The van der Waals surface area contributed by atoms with Crippen molar-refractivity contribution in [3.63, 3.8) is 0 Å². The van der Waals surface area contributed by atoms with Gasteiger partial charge >= 0.3 is 6.09 Å². The Balaban J connectivity index is 1.61. The van der Waals surface area contributed by atoms with Crippen molar-refractivity contribution in [3.05, 3.63) is 46.1 Å². The molecule has 2 aromatic rings. The van der Waals surface area contributed by atoms with Crippen LogP contribution in [0, 0.1) is 6.92 Å². The third-order valence-electron chi connectivity index (χ3n) is 4.73. The summed E-state index contributed by atoms with van der Waals surface area (Å²) in [7, 11) is 0. The van der Waals surface area contributed by atoms with Crippen LogP contribution >= 0.6 is 0 Å². The van der Waals surface area contributed by atoms with Crippen LogP contribution in [0.25, 0.3) is 11.1 Å².